The van der Waals surface area contributed by atoms with Crippen LogP contribution in [-0.4, -0.2) is 23.3 Å². The van der Waals surface area contributed by atoms with Crippen LogP contribution < -0.4 is 5.48 Å². The number of rotatable bonds is 5. The molecule has 0 aliphatic rings. The fourth-order valence-electron chi connectivity index (χ4n) is 0.765. The molecule has 14 heavy (non-hydrogen) atoms. The largest absolute Gasteiger partial charge is 0.274 e. The molecular weight excluding hydrogens is 200 g/mol. The fraction of sp³-hybridized carbons (Fsp3) is 0.333. The minimum absolute atomic E-state index is 0.131. The van der Waals surface area contributed by atoms with Gasteiger partial charge in [0, 0.05) is 17.3 Å². The SMILES string of the molecule is CCONC(=O)CSc1ccncc1. The molecule has 1 aromatic heterocycles. The summed E-state index contributed by atoms with van der Waals surface area (Å²) in [6.07, 6.45) is 3.39. The van der Waals surface area contributed by atoms with Crippen LogP contribution in [0.5, 0.6) is 0 Å². The quantitative estimate of drug-likeness (QED) is 0.589. The van der Waals surface area contributed by atoms with Crippen LogP contribution in [0, 0.1) is 0 Å². The molecule has 0 atom stereocenters. The normalized spacial score (nSPS) is 9.79. The topological polar surface area (TPSA) is 51.2 Å². The van der Waals surface area contributed by atoms with E-state index in [0.29, 0.717) is 12.4 Å². The van der Waals surface area contributed by atoms with Crippen LogP contribution in [0.1, 0.15) is 6.92 Å². The standard InChI is InChI=1S/C9H12N2O2S/c1-2-13-11-9(12)7-14-8-3-5-10-6-4-8/h3-6H,2,7H2,1H3,(H,11,12). The Morgan fingerprint density at radius 3 is 2.93 bits per heavy atom. The number of carbonyl (C=O) groups excluding carboxylic acids is 1. The van der Waals surface area contributed by atoms with E-state index >= 15 is 0 Å². The highest BCUT2D eigenvalue weighted by Crippen LogP contribution is 2.15. The van der Waals surface area contributed by atoms with E-state index in [1.807, 2.05) is 19.1 Å². The molecule has 0 aliphatic carbocycles. The van der Waals surface area contributed by atoms with Crippen molar-refractivity contribution in [3.63, 3.8) is 0 Å². The van der Waals surface area contributed by atoms with Crippen molar-refractivity contribution in [2.24, 2.45) is 0 Å². The monoisotopic (exact) mass is 212 g/mol. The van der Waals surface area contributed by atoms with E-state index in [2.05, 4.69) is 10.5 Å². The second-order valence-electron chi connectivity index (χ2n) is 2.43. The number of pyridine rings is 1. The van der Waals surface area contributed by atoms with E-state index in [1.54, 1.807) is 12.4 Å². The zero-order valence-corrected chi connectivity index (χ0v) is 8.71. The number of thioether (sulfide) groups is 1. The number of aromatic nitrogens is 1. The zero-order chi connectivity index (χ0) is 10.2. The number of hydrogen-bond donors (Lipinski definition) is 1. The van der Waals surface area contributed by atoms with E-state index in [0.717, 1.165) is 4.90 Å². The van der Waals surface area contributed by atoms with Gasteiger partial charge in [-0.05, 0) is 19.1 Å². The lowest BCUT2D eigenvalue weighted by Gasteiger charge is -2.02. The summed E-state index contributed by atoms with van der Waals surface area (Å²) in [7, 11) is 0. The molecular formula is C9H12N2O2S. The molecule has 0 fully saturated rings. The number of hydroxylamine groups is 1. The third-order valence-electron chi connectivity index (χ3n) is 1.35. The van der Waals surface area contributed by atoms with Crippen LogP contribution >= 0.6 is 11.8 Å². The number of amides is 1. The molecule has 5 heteroatoms. The summed E-state index contributed by atoms with van der Waals surface area (Å²) in [6, 6.07) is 3.72. The molecule has 1 N–H and O–H groups in total. The average molecular weight is 212 g/mol. The van der Waals surface area contributed by atoms with E-state index in [9.17, 15) is 4.79 Å². The van der Waals surface area contributed by atoms with Gasteiger partial charge in [0.05, 0.1) is 12.4 Å². The summed E-state index contributed by atoms with van der Waals surface area (Å²) in [4.78, 5) is 20.8. The van der Waals surface area contributed by atoms with Gasteiger partial charge < -0.3 is 0 Å². The molecule has 0 aromatic carbocycles. The molecule has 0 spiro atoms. The fourth-order valence-corrected chi connectivity index (χ4v) is 1.44. The van der Waals surface area contributed by atoms with Crippen LogP contribution in [0.25, 0.3) is 0 Å². The number of nitrogens with one attached hydrogen (secondary N) is 1. The van der Waals surface area contributed by atoms with Crippen LogP contribution in [0.3, 0.4) is 0 Å². The highest BCUT2D eigenvalue weighted by molar-refractivity contribution is 8.00. The Morgan fingerprint density at radius 1 is 1.57 bits per heavy atom. The molecule has 76 valence electrons. The predicted molar refractivity (Wildman–Crippen MR) is 54.7 cm³/mol. The van der Waals surface area contributed by atoms with Crippen LogP contribution in [-0.2, 0) is 9.63 Å². The maximum Gasteiger partial charge on any atom is 0.253 e. The summed E-state index contributed by atoms with van der Waals surface area (Å²) < 4.78 is 0. The number of nitrogens with zero attached hydrogens (tertiary/aromatic N) is 1. The smallest absolute Gasteiger partial charge is 0.253 e. The highest BCUT2D eigenvalue weighted by atomic mass is 32.2. The molecule has 1 aromatic rings. The van der Waals surface area contributed by atoms with Crippen molar-refractivity contribution >= 4 is 17.7 Å². The zero-order valence-electron chi connectivity index (χ0n) is 7.90. The third-order valence-corrected chi connectivity index (χ3v) is 2.36. The van der Waals surface area contributed by atoms with Gasteiger partial charge in [-0.25, -0.2) is 5.48 Å². The molecule has 0 saturated heterocycles. The van der Waals surface area contributed by atoms with E-state index in [4.69, 9.17) is 4.84 Å². The molecule has 0 saturated carbocycles. The van der Waals surface area contributed by atoms with Gasteiger partial charge in [0.25, 0.3) is 5.91 Å². The maximum atomic E-state index is 11.1. The van der Waals surface area contributed by atoms with Crippen LogP contribution in [0.4, 0.5) is 0 Å². The summed E-state index contributed by atoms with van der Waals surface area (Å²) in [5, 5.41) is 0. The molecule has 1 rings (SSSR count). The summed E-state index contributed by atoms with van der Waals surface area (Å²) in [6.45, 7) is 2.29. The molecule has 4 nitrogen and oxygen atoms in total. The van der Waals surface area contributed by atoms with E-state index in [-0.39, 0.29) is 5.91 Å². The third kappa shape index (κ3) is 4.25. The second-order valence-corrected chi connectivity index (χ2v) is 3.48. The minimum atomic E-state index is -0.131. The Labute approximate surface area is 87.0 Å². The Hall–Kier alpha value is -1.07. The maximum absolute atomic E-state index is 11.1. The molecule has 1 amide bonds. The minimum Gasteiger partial charge on any atom is -0.274 e. The molecule has 0 radical (unpaired) electrons. The van der Waals surface area contributed by atoms with Gasteiger partial charge in [-0.3, -0.25) is 14.6 Å². The molecule has 0 aliphatic heterocycles. The highest BCUT2D eigenvalue weighted by Gasteiger charge is 2.01. The lowest BCUT2D eigenvalue weighted by atomic mass is 10.5. The van der Waals surface area contributed by atoms with Crippen LogP contribution in [0.2, 0.25) is 0 Å². The van der Waals surface area contributed by atoms with Crippen molar-refractivity contribution in [1.29, 1.82) is 0 Å². The van der Waals surface area contributed by atoms with Crippen molar-refractivity contribution in [3.8, 4) is 0 Å². The Balaban J connectivity index is 2.24. The van der Waals surface area contributed by atoms with Gasteiger partial charge in [0.15, 0.2) is 0 Å². The first-order valence-electron chi connectivity index (χ1n) is 4.26. The van der Waals surface area contributed by atoms with Gasteiger partial charge in [-0.15, -0.1) is 11.8 Å². The van der Waals surface area contributed by atoms with Crippen LogP contribution in [0.15, 0.2) is 29.4 Å². The number of hydrogen-bond acceptors (Lipinski definition) is 4. The number of carbonyl (C=O) groups is 1. The molecule has 0 unspecified atom stereocenters. The van der Waals surface area contributed by atoms with Gasteiger partial charge in [0.2, 0.25) is 0 Å². The average Bonchev–Trinajstić information content (AvgIpc) is 2.25. The Bertz CT molecular complexity index is 279. The van der Waals surface area contributed by atoms with E-state index < -0.39 is 0 Å². The lowest BCUT2D eigenvalue weighted by Crippen LogP contribution is -2.25. The van der Waals surface area contributed by atoms with Gasteiger partial charge in [-0.1, -0.05) is 0 Å². The van der Waals surface area contributed by atoms with Gasteiger partial charge in [-0.2, -0.15) is 0 Å². The van der Waals surface area contributed by atoms with E-state index in [1.165, 1.54) is 11.8 Å². The predicted octanol–water partition coefficient (Wildman–Crippen LogP) is 1.24. The van der Waals surface area contributed by atoms with Gasteiger partial charge in [0.1, 0.15) is 0 Å². The van der Waals surface area contributed by atoms with Gasteiger partial charge >= 0.3 is 0 Å². The molecule has 0 bridgehead atoms. The first kappa shape index (κ1) is 11.0. The summed E-state index contributed by atoms with van der Waals surface area (Å²) in [5.74, 6) is 0.220. The second kappa shape index (κ2) is 6.39. The van der Waals surface area contributed by atoms with Crippen molar-refractivity contribution in [2.75, 3.05) is 12.4 Å². The lowest BCUT2D eigenvalue weighted by molar-refractivity contribution is -0.130. The molecule has 1 heterocycles. The van der Waals surface area contributed by atoms with Crippen molar-refractivity contribution in [3.05, 3.63) is 24.5 Å². The van der Waals surface area contributed by atoms with Crippen molar-refractivity contribution < 1.29 is 9.63 Å². The van der Waals surface area contributed by atoms with Crippen molar-refractivity contribution in [1.82, 2.24) is 10.5 Å². The Morgan fingerprint density at radius 2 is 2.29 bits per heavy atom. The summed E-state index contributed by atoms with van der Waals surface area (Å²) in [5.41, 5.74) is 2.33. The first-order chi connectivity index (χ1) is 6.83. The summed E-state index contributed by atoms with van der Waals surface area (Å²) >= 11 is 1.45. The Kier molecular flexibility index (Phi) is 5.03. The first-order valence-corrected chi connectivity index (χ1v) is 5.25. The van der Waals surface area contributed by atoms with Crippen molar-refractivity contribution in [2.45, 2.75) is 11.8 Å².